The smallest absolute Gasteiger partial charge is 0.416 e. The molecular formula is C19H15F3N2O3S. The molecule has 5 nitrogen and oxygen atoms in total. The van der Waals surface area contributed by atoms with E-state index in [0.29, 0.717) is 12.1 Å². The zero-order valence-electron chi connectivity index (χ0n) is 14.3. The van der Waals surface area contributed by atoms with Crippen molar-refractivity contribution >= 4 is 15.8 Å². The molecule has 2 aromatic carbocycles. The summed E-state index contributed by atoms with van der Waals surface area (Å²) in [7, 11) is -4.14. The van der Waals surface area contributed by atoms with Crippen LogP contribution in [0.2, 0.25) is 0 Å². The molecule has 0 aliphatic carbocycles. The van der Waals surface area contributed by atoms with Crippen molar-refractivity contribution < 1.29 is 26.3 Å². The molecule has 0 bridgehead atoms. The van der Waals surface area contributed by atoms with Crippen LogP contribution in [0.4, 0.5) is 19.0 Å². The van der Waals surface area contributed by atoms with Crippen LogP contribution in [0.25, 0.3) is 0 Å². The first-order valence-corrected chi connectivity index (χ1v) is 9.56. The van der Waals surface area contributed by atoms with Crippen LogP contribution in [0.5, 0.6) is 5.75 Å². The maximum Gasteiger partial charge on any atom is 0.416 e. The van der Waals surface area contributed by atoms with Crippen molar-refractivity contribution in [3.8, 4) is 5.75 Å². The standard InChI is InChI=1S/C19H15F3N2O3S/c20-19(21,22)15-8-10-16(11-9-15)28(25,26)24-18-17(7-4-12-23-18)27-13-14-5-2-1-3-6-14/h1-12H,13H2,(H,23,24). The van der Waals surface area contributed by atoms with Gasteiger partial charge >= 0.3 is 6.18 Å². The lowest BCUT2D eigenvalue weighted by Crippen LogP contribution is -2.15. The summed E-state index contributed by atoms with van der Waals surface area (Å²) in [5, 5.41) is 0. The van der Waals surface area contributed by atoms with E-state index >= 15 is 0 Å². The van der Waals surface area contributed by atoms with Crippen LogP contribution in [0, 0.1) is 0 Å². The molecule has 146 valence electrons. The summed E-state index contributed by atoms with van der Waals surface area (Å²) in [6.45, 7) is 0.196. The van der Waals surface area contributed by atoms with Crippen molar-refractivity contribution in [2.75, 3.05) is 4.72 Å². The number of anilines is 1. The number of pyridine rings is 1. The predicted molar refractivity (Wildman–Crippen MR) is 97.3 cm³/mol. The third-order valence-electron chi connectivity index (χ3n) is 3.73. The number of nitrogens with zero attached hydrogens (tertiary/aromatic N) is 1. The van der Waals surface area contributed by atoms with Crippen molar-refractivity contribution in [2.45, 2.75) is 17.7 Å². The van der Waals surface area contributed by atoms with E-state index in [4.69, 9.17) is 4.74 Å². The Kier molecular flexibility index (Phi) is 5.55. The minimum atomic E-state index is -4.55. The molecule has 1 N–H and O–H groups in total. The highest BCUT2D eigenvalue weighted by Crippen LogP contribution is 2.30. The van der Waals surface area contributed by atoms with Crippen molar-refractivity contribution in [1.29, 1.82) is 0 Å². The van der Waals surface area contributed by atoms with Gasteiger partial charge in [-0.3, -0.25) is 4.72 Å². The van der Waals surface area contributed by atoms with Crippen molar-refractivity contribution in [2.24, 2.45) is 0 Å². The van der Waals surface area contributed by atoms with E-state index < -0.39 is 21.8 Å². The Balaban J connectivity index is 1.79. The molecule has 0 radical (unpaired) electrons. The van der Waals surface area contributed by atoms with Crippen molar-refractivity contribution in [3.63, 3.8) is 0 Å². The highest BCUT2D eigenvalue weighted by Gasteiger charge is 2.30. The molecule has 0 aliphatic rings. The largest absolute Gasteiger partial charge is 0.485 e. The van der Waals surface area contributed by atoms with E-state index in [9.17, 15) is 21.6 Å². The quantitative estimate of drug-likeness (QED) is 0.653. The van der Waals surface area contributed by atoms with E-state index in [0.717, 1.165) is 17.7 Å². The molecule has 3 aromatic rings. The van der Waals surface area contributed by atoms with Crippen molar-refractivity contribution in [1.82, 2.24) is 4.98 Å². The third kappa shape index (κ3) is 4.80. The lowest BCUT2D eigenvalue weighted by atomic mass is 10.2. The monoisotopic (exact) mass is 408 g/mol. The van der Waals surface area contributed by atoms with Gasteiger partial charge in [-0.15, -0.1) is 0 Å². The van der Waals surface area contributed by atoms with Crippen LogP contribution in [0.1, 0.15) is 11.1 Å². The molecule has 0 amide bonds. The maximum atomic E-state index is 12.6. The number of halogens is 3. The number of hydrogen-bond donors (Lipinski definition) is 1. The molecule has 0 aliphatic heterocycles. The van der Waals surface area contributed by atoms with Gasteiger partial charge in [-0.05, 0) is 42.0 Å². The van der Waals surface area contributed by atoms with E-state index in [-0.39, 0.29) is 23.1 Å². The molecule has 0 atom stereocenters. The van der Waals surface area contributed by atoms with E-state index in [1.807, 2.05) is 30.3 Å². The molecule has 1 aromatic heterocycles. The second-order valence-corrected chi connectivity index (χ2v) is 7.43. The summed E-state index contributed by atoms with van der Waals surface area (Å²) < 4.78 is 70.8. The van der Waals surface area contributed by atoms with Gasteiger partial charge in [0.25, 0.3) is 10.0 Å². The van der Waals surface area contributed by atoms with Crippen LogP contribution in [-0.2, 0) is 22.8 Å². The Labute approximate surface area is 159 Å². The fourth-order valence-corrected chi connectivity index (χ4v) is 3.35. The fraction of sp³-hybridized carbons (Fsp3) is 0.105. The van der Waals surface area contributed by atoms with Gasteiger partial charge in [-0.25, -0.2) is 13.4 Å². The third-order valence-corrected chi connectivity index (χ3v) is 5.09. The van der Waals surface area contributed by atoms with Crippen LogP contribution in [0.3, 0.4) is 0 Å². The second kappa shape index (κ2) is 7.89. The predicted octanol–water partition coefficient (Wildman–Crippen LogP) is 4.48. The summed E-state index contributed by atoms with van der Waals surface area (Å²) in [5.74, 6) is 0.139. The molecule has 3 rings (SSSR count). The average molecular weight is 408 g/mol. The van der Waals surface area contributed by atoms with E-state index in [1.54, 1.807) is 12.1 Å². The lowest BCUT2D eigenvalue weighted by Gasteiger charge is -2.13. The first-order valence-electron chi connectivity index (χ1n) is 8.07. The van der Waals surface area contributed by atoms with Gasteiger partial charge in [0.1, 0.15) is 6.61 Å². The zero-order valence-corrected chi connectivity index (χ0v) is 15.2. The molecular weight excluding hydrogens is 393 g/mol. The SMILES string of the molecule is O=S(=O)(Nc1ncccc1OCc1ccccc1)c1ccc(C(F)(F)F)cc1. The number of alkyl halides is 3. The summed E-state index contributed by atoms with van der Waals surface area (Å²) in [4.78, 5) is 3.64. The number of aromatic nitrogens is 1. The fourth-order valence-electron chi connectivity index (χ4n) is 2.33. The Morgan fingerprint density at radius 2 is 1.61 bits per heavy atom. The summed E-state index contributed by atoms with van der Waals surface area (Å²) in [6.07, 6.45) is -3.17. The zero-order chi connectivity index (χ0) is 20.2. The number of ether oxygens (including phenoxy) is 1. The molecule has 0 spiro atoms. The molecule has 28 heavy (non-hydrogen) atoms. The Morgan fingerprint density at radius 3 is 2.25 bits per heavy atom. The minimum Gasteiger partial charge on any atom is -0.485 e. The minimum absolute atomic E-state index is 0.0571. The molecule has 1 heterocycles. The Morgan fingerprint density at radius 1 is 0.929 bits per heavy atom. The molecule has 0 fully saturated rings. The molecule has 0 saturated heterocycles. The Bertz CT molecular complexity index is 1040. The van der Waals surface area contributed by atoms with E-state index in [2.05, 4.69) is 9.71 Å². The number of hydrogen-bond acceptors (Lipinski definition) is 4. The van der Waals surface area contributed by atoms with Crippen molar-refractivity contribution in [3.05, 3.63) is 84.1 Å². The topological polar surface area (TPSA) is 68.3 Å². The highest BCUT2D eigenvalue weighted by molar-refractivity contribution is 7.92. The van der Waals surface area contributed by atoms with Gasteiger partial charge in [-0.1, -0.05) is 30.3 Å². The molecule has 0 unspecified atom stereocenters. The van der Waals surface area contributed by atoms with Gasteiger partial charge < -0.3 is 4.74 Å². The average Bonchev–Trinajstić information content (AvgIpc) is 2.67. The van der Waals surface area contributed by atoms with Gasteiger partial charge in [0.2, 0.25) is 0 Å². The number of benzene rings is 2. The highest BCUT2D eigenvalue weighted by atomic mass is 32.2. The van der Waals surface area contributed by atoms with Crippen LogP contribution < -0.4 is 9.46 Å². The summed E-state index contributed by atoms with van der Waals surface area (Å²) in [6, 6.07) is 15.6. The van der Waals surface area contributed by atoms with Crippen LogP contribution in [-0.4, -0.2) is 13.4 Å². The molecule has 0 saturated carbocycles. The summed E-state index contributed by atoms with van der Waals surface area (Å²) >= 11 is 0. The van der Waals surface area contributed by atoms with Gasteiger partial charge in [0, 0.05) is 6.20 Å². The normalized spacial score (nSPS) is 11.8. The molecule has 9 heteroatoms. The van der Waals surface area contributed by atoms with E-state index in [1.165, 1.54) is 6.20 Å². The first-order chi connectivity index (χ1) is 13.3. The van der Waals surface area contributed by atoms with Gasteiger partial charge in [0.15, 0.2) is 11.6 Å². The first kappa shape index (κ1) is 19.7. The van der Waals surface area contributed by atoms with Gasteiger partial charge in [0.05, 0.1) is 10.5 Å². The number of rotatable bonds is 6. The number of nitrogens with one attached hydrogen (secondary N) is 1. The van der Waals surface area contributed by atoms with Gasteiger partial charge in [-0.2, -0.15) is 13.2 Å². The van der Waals surface area contributed by atoms with Crippen LogP contribution in [0.15, 0.2) is 77.8 Å². The number of sulfonamides is 1. The summed E-state index contributed by atoms with van der Waals surface area (Å²) in [5.41, 5.74) is -0.0564. The van der Waals surface area contributed by atoms with Crippen LogP contribution >= 0.6 is 0 Å². The second-order valence-electron chi connectivity index (χ2n) is 5.75. The lowest BCUT2D eigenvalue weighted by molar-refractivity contribution is -0.137. The Hall–Kier alpha value is -3.07. The maximum absolute atomic E-state index is 12.6.